The van der Waals surface area contributed by atoms with Crippen molar-refractivity contribution in [3.63, 3.8) is 0 Å². The molecule has 1 aliphatic rings. The highest BCUT2D eigenvalue weighted by molar-refractivity contribution is 6.01. The molecule has 35 heavy (non-hydrogen) atoms. The van der Waals surface area contributed by atoms with Gasteiger partial charge in [-0.3, -0.25) is 9.69 Å². The van der Waals surface area contributed by atoms with Crippen molar-refractivity contribution >= 4 is 17.4 Å². The second-order valence-electron chi connectivity index (χ2n) is 8.33. The first-order valence-corrected chi connectivity index (χ1v) is 11.4. The quantitative estimate of drug-likeness (QED) is 0.310. The van der Waals surface area contributed by atoms with Crippen LogP contribution in [-0.2, 0) is 6.54 Å². The van der Waals surface area contributed by atoms with Crippen molar-refractivity contribution in [2.75, 3.05) is 18.8 Å². The number of hydrogen-bond donors (Lipinski definition) is 2. The number of amides is 1. The predicted molar refractivity (Wildman–Crippen MR) is 130 cm³/mol. The number of hydrogen-bond acceptors (Lipinski definition) is 9. The summed E-state index contributed by atoms with van der Waals surface area (Å²) in [6.45, 7) is 4.15. The van der Waals surface area contributed by atoms with Gasteiger partial charge in [-0.15, -0.1) is 5.10 Å². The second-order valence-corrected chi connectivity index (χ2v) is 8.33. The van der Waals surface area contributed by atoms with Crippen molar-refractivity contribution in [1.82, 2.24) is 35.6 Å². The van der Waals surface area contributed by atoms with Crippen LogP contribution in [0.15, 0.2) is 64.3 Å². The molecule has 0 atom stereocenters. The van der Waals surface area contributed by atoms with Gasteiger partial charge in [-0.05, 0) is 59.9 Å². The molecule has 1 fully saturated rings. The average molecular weight is 472 g/mol. The second kappa shape index (κ2) is 9.85. The summed E-state index contributed by atoms with van der Waals surface area (Å²) in [7, 11) is 0. The maximum absolute atomic E-state index is 13.0. The van der Waals surface area contributed by atoms with Gasteiger partial charge in [0.1, 0.15) is 0 Å². The van der Waals surface area contributed by atoms with Crippen molar-refractivity contribution in [3.05, 3.63) is 71.5 Å². The normalized spacial score (nSPS) is 14.4. The Bertz CT molecular complexity index is 1340. The number of nitrogens with zero attached hydrogens (tertiary/aromatic N) is 7. The van der Waals surface area contributed by atoms with Gasteiger partial charge in [0.15, 0.2) is 5.69 Å². The molecule has 2 aromatic heterocycles. The maximum atomic E-state index is 13.0. The van der Waals surface area contributed by atoms with Crippen LogP contribution in [0, 0.1) is 0 Å². The number of likely N-dealkylation sites (tertiary alicyclic amines) is 1. The molecule has 3 heterocycles. The number of nitrogens with two attached hydrogens (primary N) is 1. The number of aromatic nitrogens is 5. The first-order valence-electron chi connectivity index (χ1n) is 11.4. The predicted octanol–water partition coefficient (Wildman–Crippen LogP) is 2.65. The molecule has 0 spiro atoms. The van der Waals surface area contributed by atoms with E-state index in [2.05, 4.69) is 48.2 Å². The summed E-state index contributed by atoms with van der Waals surface area (Å²) in [4.78, 5) is 15.3. The van der Waals surface area contributed by atoms with Gasteiger partial charge in [-0.25, -0.2) is 10.1 Å². The zero-order chi connectivity index (χ0) is 24.2. The van der Waals surface area contributed by atoms with Gasteiger partial charge in [-0.1, -0.05) is 59.8 Å². The summed E-state index contributed by atoms with van der Waals surface area (Å²) in [6.07, 6.45) is 2.20. The van der Waals surface area contributed by atoms with Crippen molar-refractivity contribution < 1.29 is 9.42 Å². The molecule has 0 bridgehead atoms. The SMILES string of the molecule is C/C(=N\NC(=O)c1nnn(-c2nonc2N)c1CN1CCCC1)c1ccc(-c2ccccc2)cc1. The first-order chi connectivity index (χ1) is 17.1. The van der Waals surface area contributed by atoms with Crippen molar-refractivity contribution in [3.8, 4) is 16.9 Å². The average Bonchev–Trinajstić information content (AvgIpc) is 3.65. The highest BCUT2D eigenvalue weighted by Gasteiger charge is 2.26. The summed E-state index contributed by atoms with van der Waals surface area (Å²) in [5, 5.41) is 19.9. The lowest BCUT2D eigenvalue weighted by Gasteiger charge is -2.15. The minimum atomic E-state index is -0.472. The van der Waals surface area contributed by atoms with Crippen molar-refractivity contribution in [1.29, 1.82) is 0 Å². The highest BCUT2D eigenvalue weighted by Crippen LogP contribution is 2.21. The number of nitrogens with one attached hydrogen (secondary N) is 1. The molecule has 0 radical (unpaired) electrons. The Balaban J connectivity index is 1.35. The smallest absolute Gasteiger partial charge is 0.293 e. The molecule has 178 valence electrons. The monoisotopic (exact) mass is 471 g/mol. The molecule has 3 N–H and O–H groups in total. The highest BCUT2D eigenvalue weighted by atomic mass is 16.6. The standard InChI is InChI=1S/C24H25N9O2/c1-16(17-9-11-19(12-10-17)18-7-3-2-4-8-18)26-28-24(34)21-20(15-32-13-5-6-14-32)33(31-27-21)23-22(25)29-35-30-23/h2-4,7-12H,5-6,13-15H2,1H3,(H2,25,29)(H,28,34)/b26-16+. The van der Waals surface area contributed by atoms with Crippen molar-refractivity contribution in [2.24, 2.45) is 5.10 Å². The van der Waals surface area contributed by atoms with E-state index >= 15 is 0 Å². The molecular formula is C24H25N9O2. The Morgan fingerprint density at radius 2 is 1.77 bits per heavy atom. The molecule has 1 aliphatic heterocycles. The van der Waals surface area contributed by atoms with Gasteiger partial charge in [-0.2, -0.15) is 9.78 Å². The number of anilines is 1. The Morgan fingerprint density at radius 1 is 1.06 bits per heavy atom. The van der Waals surface area contributed by atoms with Crippen LogP contribution >= 0.6 is 0 Å². The van der Waals surface area contributed by atoms with Gasteiger partial charge in [0.25, 0.3) is 5.91 Å². The third-order valence-electron chi connectivity index (χ3n) is 5.98. The van der Waals surface area contributed by atoms with Crippen LogP contribution < -0.4 is 11.2 Å². The van der Waals surface area contributed by atoms with Gasteiger partial charge in [0.2, 0.25) is 11.6 Å². The molecule has 2 aromatic carbocycles. The third-order valence-corrected chi connectivity index (χ3v) is 5.98. The number of carbonyl (C=O) groups is 1. The number of carbonyl (C=O) groups excluding carboxylic acids is 1. The minimum Gasteiger partial charge on any atom is -0.378 e. The Hall–Kier alpha value is -4.38. The summed E-state index contributed by atoms with van der Waals surface area (Å²) in [5.41, 5.74) is 13.0. The van der Waals surface area contributed by atoms with E-state index in [4.69, 9.17) is 10.4 Å². The molecule has 11 nitrogen and oxygen atoms in total. The minimum absolute atomic E-state index is 0.0670. The topological polar surface area (TPSA) is 140 Å². The van der Waals surface area contributed by atoms with Crippen LogP contribution in [-0.4, -0.2) is 54.9 Å². The number of rotatable bonds is 7. The molecule has 4 aromatic rings. The molecular weight excluding hydrogens is 446 g/mol. The van der Waals surface area contributed by atoms with E-state index in [9.17, 15) is 4.79 Å². The molecule has 1 saturated heterocycles. The van der Waals surface area contributed by atoms with Crippen LogP contribution in [0.1, 0.15) is 41.5 Å². The molecule has 0 aliphatic carbocycles. The fraction of sp³-hybridized carbons (Fsp3) is 0.250. The Morgan fingerprint density at radius 3 is 2.46 bits per heavy atom. The van der Waals surface area contributed by atoms with E-state index in [0.29, 0.717) is 18.0 Å². The number of nitrogen functional groups attached to an aromatic ring is 1. The van der Waals surface area contributed by atoms with Crippen LogP contribution in [0.4, 0.5) is 5.82 Å². The summed E-state index contributed by atoms with van der Waals surface area (Å²) in [6, 6.07) is 18.1. The first kappa shape index (κ1) is 22.4. The van der Waals surface area contributed by atoms with E-state index in [1.54, 1.807) is 0 Å². The van der Waals surface area contributed by atoms with Crippen LogP contribution in [0.2, 0.25) is 0 Å². The number of benzene rings is 2. The maximum Gasteiger partial charge on any atom is 0.293 e. The largest absolute Gasteiger partial charge is 0.378 e. The lowest BCUT2D eigenvalue weighted by molar-refractivity contribution is 0.0947. The zero-order valence-corrected chi connectivity index (χ0v) is 19.3. The van der Waals surface area contributed by atoms with Crippen LogP contribution in [0.3, 0.4) is 0 Å². The Labute approximate surface area is 201 Å². The Kier molecular flexibility index (Phi) is 6.31. The molecule has 0 unspecified atom stereocenters. The van der Waals surface area contributed by atoms with Crippen LogP contribution in [0.25, 0.3) is 16.9 Å². The zero-order valence-electron chi connectivity index (χ0n) is 19.3. The molecule has 0 saturated carbocycles. The van der Waals surface area contributed by atoms with E-state index in [0.717, 1.165) is 42.6 Å². The molecule has 11 heteroatoms. The van der Waals surface area contributed by atoms with Crippen molar-refractivity contribution in [2.45, 2.75) is 26.3 Å². The fourth-order valence-electron chi connectivity index (χ4n) is 4.07. The summed E-state index contributed by atoms with van der Waals surface area (Å²) >= 11 is 0. The summed E-state index contributed by atoms with van der Waals surface area (Å²) < 4.78 is 6.11. The molecule has 1 amide bonds. The molecule has 5 rings (SSSR count). The van der Waals surface area contributed by atoms with E-state index < -0.39 is 5.91 Å². The fourth-order valence-corrected chi connectivity index (χ4v) is 4.07. The summed E-state index contributed by atoms with van der Waals surface area (Å²) in [5.74, 6) is -0.206. The van der Waals surface area contributed by atoms with Gasteiger partial charge < -0.3 is 5.73 Å². The van der Waals surface area contributed by atoms with Gasteiger partial charge in [0.05, 0.1) is 11.4 Å². The third kappa shape index (κ3) is 4.80. The van der Waals surface area contributed by atoms with E-state index in [-0.39, 0.29) is 17.3 Å². The van der Waals surface area contributed by atoms with Gasteiger partial charge >= 0.3 is 0 Å². The van der Waals surface area contributed by atoms with Crippen LogP contribution in [0.5, 0.6) is 0 Å². The lowest BCUT2D eigenvalue weighted by Crippen LogP contribution is -2.26. The lowest BCUT2D eigenvalue weighted by atomic mass is 10.0. The number of hydrazone groups is 1. The van der Waals surface area contributed by atoms with E-state index in [1.807, 2.05) is 49.4 Å². The van der Waals surface area contributed by atoms with Gasteiger partial charge in [0, 0.05) is 6.54 Å². The van der Waals surface area contributed by atoms with E-state index in [1.165, 1.54) is 4.68 Å².